The lowest BCUT2D eigenvalue weighted by Gasteiger charge is -2.30. The molecule has 36 heavy (non-hydrogen) atoms. The van der Waals surface area contributed by atoms with Crippen LogP contribution in [0.2, 0.25) is 0 Å². The Balaban J connectivity index is 1.43. The summed E-state index contributed by atoms with van der Waals surface area (Å²) in [5.41, 5.74) is 5.60. The Hall–Kier alpha value is -4.20. The molecule has 4 aromatic rings. The monoisotopic (exact) mass is 486 g/mol. The average Bonchev–Trinajstić information content (AvgIpc) is 2.86. The van der Waals surface area contributed by atoms with Crippen molar-refractivity contribution in [1.29, 1.82) is 0 Å². The molecule has 0 bridgehead atoms. The van der Waals surface area contributed by atoms with Crippen LogP contribution in [0, 0.1) is 18.6 Å². The number of hydrogen-bond acceptors (Lipinski definition) is 5. The summed E-state index contributed by atoms with van der Waals surface area (Å²) >= 11 is 0. The number of halogens is 2. The summed E-state index contributed by atoms with van der Waals surface area (Å²) in [6.45, 7) is 2.94. The number of methoxy groups -OCH3 is 1. The van der Waals surface area contributed by atoms with Gasteiger partial charge in [-0.25, -0.2) is 18.7 Å². The Bertz CT molecular complexity index is 1420. The zero-order valence-electron chi connectivity index (χ0n) is 20.0. The quantitative estimate of drug-likeness (QED) is 0.387. The third kappa shape index (κ3) is 4.79. The van der Waals surface area contributed by atoms with Gasteiger partial charge in [-0.1, -0.05) is 12.1 Å². The van der Waals surface area contributed by atoms with Gasteiger partial charge in [-0.3, -0.25) is 9.78 Å². The van der Waals surface area contributed by atoms with Gasteiger partial charge in [0.15, 0.2) is 0 Å². The van der Waals surface area contributed by atoms with Crippen molar-refractivity contribution in [3.8, 4) is 17.1 Å². The van der Waals surface area contributed by atoms with Gasteiger partial charge in [-0.2, -0.15) is 0 Å². The number of amides is 1. The van der Waals surface area contributed by atoms with Crippen molar-refractivity contribution in [2.75, 3.05) is 13.7 Å². The molecular formula is C28H24F2N4O2. The molecule has 0 saturated heterocycles. The van der Waals surface area contributed by atoms with Crippen LogP contribution in [0.3, 0.4) is 0 Å². The second kappa shape index (κ2) is 9.81. The molecule has 0 unspecified atom stereocenters. The predicted octanol–water partition coefficient (Wildman–Crippen LogP) is 4.92. The Morgan fingerprint density at radius 3 is 2.44 bits per heavy atom. The smallest absolute Gasteiger partial charge is 0.254 e. The fraction of sp³-hybridized carbons (Fsp3) is 0.214. The first-order valence-electron chi connectivity index (χ1n) is 11.6. The van der Waals surface area contributed by atoms with Gasteiger partial charge < -0.3 is 9.64 Å². The molecule has 0 radical (unpaired) electrons. The largest absolute Gasteiger partial charge is 0.497 e. The van der Waals surface area contributed by atoms with Gasteiger partial charge in [-0.05, 0) is 65.9 Å². The van der Waals surface area contributed by atoms with Crippen molar-refractivity contribution in [3.63, 3.8) is 0 Å². The summed E-state index contributed by atoms with van der Waals surface area (Å²) in [4.78, 5) is 28.6. The van der Waals surface area contributed by atoms with Gasteiger partial charge in [0.25, 0.3) is 5.91 Å². The van der Waals surface area contributed by atoms with E-state index in [0.717, 1.165) is 28.5 Å². The number of pyridine rings is 1. The average molecular weight is 487 g/mol. The highest BCUT2D eigenvalue weighted by Gasteiger charge is 2.29. The van der Waals surface area contributed by atoms with Crippen molar-refractivity contribution < 1.29 is 18.3 Å². The van der Waals surface area contributed by atoms with Gasteiger partial charge in [0.2, 0.25) is 0 Å². The molecule has 6 nitrogen and oxygen atoms in total. The number of carbonyl (C=O) groups is 1. The molecule has 1 aliphatic rings. The maximum absolute atomic E-state index is 13.6. The van der Waals surface area contributed by atoms with E-state index in [1.165, 1.54) is 18.5 Å². The van der Waals surface area contributed by atoms with Gasteiger partial charge in [0.1, 0.15) is 23.7 Å². The molecule has 1 amide bonds. The normalized spacial score (nSPS) is 13.0. The SMILES string of the molecule is COc1ccc(CN2CCc3c(-c4cc(Cc5cc(F)cc(F)c5)ncn4)ncc(C)c3C2=O)cc1. The van der Waals surface area contributed by atoms with E-state index in [1.54, 1.807) is 19.4 Å². The fourth-order valence-electron chi connectivity index (χ4n) is 4.58. The lowest BCUT2D eigenvalue weighted by Crippen LogP contribution is -2.38. The van der Waals surface area contributed by atoms with Gasteiger partial charge >= 0.3 is 0 Å². The lowest BCUT2D eigenvalue weighted by molar-refractivity contribution is 0.0726. The third-order valence-corrected chi connectivity index (χ3v) is 6.31. The lowest BCUT2D eigenvalue weighted by atomic mass is 9.92. The fourth-order valence-corrected chi connectivity index (χ4v) is 4.58. The number of ether oxygens (including phenoxy) is 1. The minimum absolute atomic E-state index is 0.0438. The van der Waals surface area contributed by atoms with Crippen LogP contribution in [-0.2, 0) is 19.4 Å². The molecule has 5 rings (SSSR count). The number of aromatic nitrogens is 3. The molecule has 2 aromatic heterocycles. The van der Waals surface area contributed by atoms with Crippen LogP contribution in [0.25, 0.3) is 11.4 Å². The van der Waals surface area contributed by atoms with Crippen LogP contribution >= 0.6 is 0 Å². The Labute approximate surface area is 207 Å². The van der Waals surface area contributed by atoms with Gasteiger partial charge in [0, 0.05) is 43.0 Å². The van der Waals surface area contributed by atoms with E-state index in [1.807, 2.05) is 36.1 Å². The van der Waals surface area contributed by atoms with Crippen molar-refractivity contribution in [2.24, 2.45) is 0 Å². The van der Waals surface area contributed by atoms with E-state index in [0.29, 0.717) is 47.7 Å². The molecule has 0 fully saturated rings. The van der Waals surface area contributed by atoms with E-state index in [9.17, 15) is 13.6 Å². The predicted molar refractivity (Wildman–Crippen MR) is 131 cm³/mol. The van der Waals surface area contributed by atoms with E-state index >= 15 is 0 Å². The molecule has 0 saturated carbocycles. The number of rotatable bonds is 6. The number of hydrogen-bond donors (Lipinski definition) is 0. The molecule has 0 aliphatic carbocycles. The summed E-state index contributed by atoms with van der Waals surface area (Å²) < 4.78 is 32.5. The van der Waals surface area contributed by atoms with E-state index < -0.39 is 11.6 Å². The second-order valence-electron chi connectivity index (χ2n) is 8.82. The summed E-state index contributed by atoms with van der Waals surface area (Å²) in [6.07, 6.45) is 3.98. The van der Waals surface area contributed by atoms with Crippen LogP contribution in [0.4, 0.5) is 8.78 Å². The summed E-state index contributed by atoms with van der Waals surface area (Å²) in [6, 6.07) is 12.9. The number of fused-ring (bicyclic) bond motifs is 1. The van der Waals surface area contributed by atoms with E-state index in [-0.39, 0.29) is 12.3 Å². The molecule has 3 heterocycles. The van der Waals surface area contributed by atoms with Crippen molar-refractivity contribution >= 4 is 5.91 Å². The summed E-state index contributed by atoms with van der Waals surface area (Å²) in [5.74, 6) is -0.539. The van der Waals surface area contributed by atoms with Crippen LogP contribution < -0.4 is 4.74 Å². The Morgan fingerprint density at radius 1 is 0.972 bits per heavy atom. The van der Waals surface area contributed by atoms with Crippen LogP contribution in [0.1, 0.15) is 38.3 Å². The molecule has 2 aromatic carbocycles. The zero-order valence-corrected chi connectivity index (χ0v) is 20.0. The minimum Gasteiger partial charge on any atom is -0.497 e. The number of aryl methyl sites for hydroxylation is 1. The highest BCUT2D eigenvalue weighted by atomic mass is 19.1. The zero-order chi connectivity index (χ0) is 25.2. The molecule has 1 aliphatic heterocycles. The first-order valence-corrected chi connectivity index (χ1v) is 11.6. The molecule has 8 heteroatoms. The van der Waals surface area contributed by atoms with Gasteiger partial charge in [-0.15, -0.1) is 0 Å². The summed E-state index contributed by atoms with van der Waals surface area (Å²) in [7, 11) is 1.62. The highest BCUT2D eigenvalue weighted by Crippen LogP contribution is 2.31. The minimum atomic E-state index is -0.633. The standard InChI is InChI=1S/C28H24F2N4O2/c1-17-14-31-27(25-13-22(32-16-33-25)11-19-9-20(29)12-21(30)10-19)24-7-8-34(28(35)26(17)24)15-18-3-5-23(36-2)6-4-18/h3-6,9-10,12-14,16H,7-8,11,15H2,1-2H3. The number of nitrogens with zero attached hydrogens (tertiary/aromatic N) is 4. The number of carbonyl (C=O) groups excluding carboxylic acids is 1. The maximum atomic E-state index is 13.6. The van der Waals surface area contributed by atoms with Crippen LogP contribution in [0.5, 0.6) is 5.75 Å². The molecule has 0 N–H and O–H groups in total. The van der Waals surface area contributed by atoms with Gasteiger partial charge in [0.05, 0.1) is 18.5 Å². The van der Waals surface area contributed by atoms with Crippen molar-refractivity contribution in [3.05, 3.63) is 106 Å². The van der Waals surface area contributed by atoms with Crippen molar-refractivity contribution in [1.82, 2.24) is 19.9 Å². The molecule has 182 valence electrons. The maximum Gasteiger partial charge on any atom is 0.254 e. The number of benzene rings is 2. The Kier molecular flexibility index (Phi) is 6.41. The first-order chi connectivity index (χ1) is 17.4. The second-order valence-corrected chi connectivity index (χ2v) is 8.82. The third-order valence-electron chi connectivity index (χ3n) is 6.31. The van der Waals surface area contributed by atoms with E-state index in [4.69, 9.17) is 4.74 Å². The highest BCUT2D eigenvalue weighted by molar-refractivity contribution is 5.99. The first kappa shape index (κ1) is 23.5. The Morgan fingerprint density at radius 2 is 1.72 bits per heavy atom. The molecule has 0 atom stereocenters. The molecule has 0 spiro atoms. The molecular weight excluding hydrogens is 462 g/mol. The summed E-state index contributed by atoms with van der Waals surface area (Å²) in [5, 5.41) is 0. The van der Waals surface area contributed by atoms with E-state index in [2.05, 4.69) is 15.0 Å². The van der Waals surface area contributed by atoms with Crippen LogP contribution in [0.15, 0.2) is 61.1 Å². The topological polar surface area (TPSA) is 68.2 Å². The van der Waals surface area contributed by atoms with Crippen LogP contribution in [-0.4, -0.2) is 39.4 Å². The van der Waals surface area contributed by atoms with Crippen molar-refractivity contribution in [2.45, 2.75) is 26.3 Å².